The fourth-order valence-electron chi connectivity index (χ4n) is 5.86. The van der Waals surface area contributed by atoms with Crippen LogP contribution in [0.25, 0.3) is 60.8 Å². The van der Waals surface area contributed by atoms with E-state index in [1.807, 2.05) is 0 Å². The minimum absolute atomic E-state index is 0.368. The van der Waals surface area contributed by atoms with Gasteiger partial charge in [0.2, 0.25) is 0 Å². The molecule has 2 aromatic heterocycles. The predicted octanol–water partition coefficient (Wildman–Crippen LogP) is 9.99. The second kappa shape index (κ2) is 8.59. The number of imidazole rings is 1. The number of para-hydroxylation sites is 4. The standard InChI is InChI=1S/C35H30N2O/c1-21(2)25-13-9-14-26(22(3)4)33(25)37-31-18-8-7-17-30(31)36-35(37)28-16-10-15-27-29-19-23-11-5-6-12-24(23)20-32(29)38-34(27)28/h5-22H,1-4H3. The predicted molar refractivity (Wildman–Crippen MR) is 159 cm³/mol. The van der Waals surface area contributed by atoms with Gasteiger partial charge in [0.1, 0.15) is 17.0 Å². The van der Waals surface area contributed by atoms with Crippen LogP contribution < -0.4 is 0 Å². The molecule has 0 radical (unpaired) electrons. The van der Waals surface area contributed by atoms with E-state index in [1.54, 1.807) is 0 Å². The smallest absolute Gasteiger partial charge is 0.149 e. The van der Waals surface area contributed by atoms with E-state index in [4.69, 9.17) is 9.40 Å². The van der Waals surface area contributed by atoms with E-state index in [0.717, 1.165) is 44.4 Å². The van der Waals surface area contributed by atoms with Gasteiger partial charge >= 0.3 is 0 Å². The maximum Gasteiger partial charge on any atom is 0.149 e. The molecular weight excluding hydrogens is 464 g/mol. The van der Waals surface area contributed by atoms with Crippen LogP contribution >= 0.6 is 0 Å². The lowest BCUT2D eigenvalue weighted by Crippen LogP contribution is -2.08. The van der Waals surface area contributed by atoms with Crippen LogP contribution in [0.4, 0.5) is 0 Å². The van der Waals surface area contributed by atoms with Crippen molar-refractivity contribution in [2.75, 3.05) is 0 Å². The molecule has 0 unspecified atom stereocenters. The van der Waals surface area contributed by atoms with Crippen LogP contribution in [0.1, 0.15) is 50.7 Å². The van der Waals surface area contributed by atoms with Gasteiger partial charge in [-0.1, -0.05) is 94.4 Å². The molecule has 0 aliphatic carbocycles. The van der Waals surface area contributed by atoms with E-state index < -0.39 is 0 Å². The molecule has 0 bridgehead atoms. The lowest BCUT2D eigenvalue weighted by Gasteiger charge is -2.22. The summed E-state index contributed by atoms with van der Waals surface area (Å²) in [5.74, 6) is 1.65. The van der Waals surface area contributed by atoms with Crippen molar-refractivity contribution in [1.29, 1.82) is 0 Å². The van der Waals surface area contributed by atoms with Gasteiger partial charge in [0.15, 0.2) is 0 Å². The molecule has 2 heterocycles. The van der Waals surface area contributed by atoms with Gasteiger partial charge in [-0.05, 0) is 64.1 Å². The Bertz CT molecular complexity index is 1960. The van der Waals surface area contributed by atoms with Crippen LogP contribution in [0.15, 0.2) is 101 Å². The van der Waals surface area contributed by atoms with Gasteiger partial charge in [0.05, 0.1) is 22.3 Å². The molecule has 7 aromatic rings. The zero-order valence-electron chi connectivity index (χ0n) is 22.2. The Morgan fingerprint density at radius 1 is 0.658 bits per heavy atom. The molecule has 0 spiro atoms. The van der Waals surface area contributed by atoms with Crippen molar-refractivity contribution >= 4 is 43.7 Å². The van der Waals surface area contributed by atoms with Crippen molar-refractivity contribution in [3.8, 4) is 17.1 Å². The molecule has 3 heteroatoms. The monoisotopic (exact) mass is 494 g/mol. The van der Waals surface area contributed by atoms with Gasteiger partial charge in [-0.15, -0.1) is 0 Å². The summed E-state index contributed by atoms with van der Waals surface area (Å²) in [5, 5.41) is 4.64. The summed E-state index contributed by atoms with van der Waals surface area (Å²) >= 11 is 0. The number of hydrogen-bond donors (Lipinski definition) is 0. The van der Waals surface area contributed by atoms with E-state index in [-0.39, 0.29) is 0 Å². The first kappa shape index (κ1) is 22.8. The second-order valence-electron chi connectivity index (χ2n) is 10.8. The number of rotatable bonds is 4. The maximum atomic E-state index is 6.64. The Balaban J connectivity index is 1.60. The third-order valence-electron chi connectivity index (χ3n) is 7.73. The number of fused-ring (bicyclic) bond motifs is 5. The summed E-state index contributed by atoms with van der Waals surface area (Å²) in [6.07, 6.45) is 0. The molecule has 0 fully saturated rings. The highest BCUT2D eigenvalue weighted by molar-refractivity contribution is 6.13. The van der Waals surface area contributed by atoms with Crippen molar-refractivity contribution in [2.45, 2.75) is 39.5 Å². The van der Waals surface area contributed by atoms with Crippen LogP contribution in [0.5, 0.6) is 0 Å². The third-order valence-corrected chi connectivity index (χ3v) is 7.73. The van der Waals surface area contributed by atoms with Gasteiger partial charge in [0.25, 0.3) is 0 Å². The topological polar surface area (TPSA) is 31.0 Å². The van der Waals surface area contributed by atoms with E-state index in [0.29, 0.717) is 11.8 Å². The first-order valence-corrected chi connectivity index (χ1v) is 13.5. The first-order valence-electron chi connectivity index (χ1n) is 13.5. The molecule has 5 aromatic carbocycles. The van der Waals surface area contributed by atoms with Gasteiger partial charge in [-0.3, -0.25) is 4.57 Å². The summed E-state index contributed by atoms with van der Waals surface area (Å²) in [5.41, 5.74) is 8.76. The van der Waals surface area contributed by atoms with E-state index in [1.165, 1.54) is 27.6 Å². The van der Waals surface area contributed by atoms with E-state index in [9.17, 15) is 0 Å². The largest absolute Gasteiger partial charge is 0.455 e. The van der Waals surface area contributed by atoms with Gasteiger partial charge in [-0.25, -0.2) is 4.98 Å². The summed E-state index contributed by atoms with van der Waals surface area (Å²) in [6.45, 7) is 9.08. The quantitative estimate of drug-likeness (QED) is 0.244. The Morgan fingerprint density at radius 2 is 1.32 bits per heavy atom. The Morgan fingerprint density at radius 3 is 2.05 bits per heavy atom. The van der Waals surface area contributed by atoms with Crippen LogP contribution in [-0.2, 0) is 0 Å². The van der Waals surface area contributed by atoms with Crippen LogP contribution in [0, 0.1) is 0 Å². The zero-order valence-corrected chi connectivity index (χ0v) is 22.2. The summed E-state index contributed by atoms with van der Waals surface area (Å²) < 4.78 is 9.01. The normalized spacial score (nSPS) is 12.2. The highest BCUT2D eigenvalue weighted by Crippen LogP contribution is 2.41. The summed E-state index contributed by atoms with van der Waals surface area (Å²) in [6, 6.07) is 34.5. The van der Waals surface area contributed by atoms with Gasteiger partial charge in [-0.2, -0.15) is 0 Å². The molecule has 7 rings (SSSR count). The molecule has 0 saturated carbocycles. The number of hydrogen-bond acceptors (Lipinski definition) is 2. The molecule has 3 nitrogen and oxygen atoms in total. The molecule has 0 atom stereocenters. The third kappa shape index (κ3) is 3.39. The van der Waals surface area contributed by atoms with E-state index >= 15 is 0 Å². The van der Waals surface area contributed by atoms with Crippen LogP contribution in [0.3, 0.4) is 0 Å². The molecule has 0 amide bonds. The number of nitrogens with zero attached hydrogens (tertiary/aromatic N) is 2. The first-order chi connectivity index (χ1) is 18.5. The number of furan rings is 1. The van der Waals surface area contributed by atoms with Crippen molar-refractivity contribution in [3.05, 3.63) is 108 Å². The SMILES string of the molecule is CC(C)c1cccc(C(C)C)c1-n1c(-c2cccc3c2oc2cc4ccccc4cc23)nc2ccccc21. The van der Waals surface area contributed by atoms with Crippen LogP contribution in [0.2, 0.25) is 0 Å². The molecule has 0 N–H and O–H groups in total. The summed E-state index contributed by atoms with van der Waals surface area (Å²) in [4.78, 5) is 5.24. The van der Waals surface area contributed by atoms with Gasteiger partial charge in [0, 0.05) is 10.8 Å². The molecule has 38 heavy (non-hydrogen) atoms. The lowest BCUT2D eigenvalue weighted by molar-refractivity contribution is 0.670. The average molecular weight is 495 g/mol. The molecule has 0 aliphatic heterocycles. The zero-order chi connectivity index (χ0) is 26.0. The number of benzene rings is 5. The lowest BCUT2D eigenvalue weighted by atomic mass is 9.92. The minimum Gasteiger partial charge on any atom is -0.455 e. The van der Waals surface area contributed by atoms with Crippen LogP contribution in [-0.4, -0.2) is 9.55 Å². The fraction of sp³-hybridized carbons (Fsp3) is 0.171. The molecule has 0 aliphatic rings. The summed E-state index contributed by atoms with van der Waals surface area (Å²) in [7, 11) is 0. The van der Waals surface area contributed by atoms with Crippen molar-refractivity contribution in [2.24, 2.45) is 0 Å². The van der Waals surface area contributed by atoms with Gasteiger partial charge < -0.3 is 4.42 Å². The van der Waals surface area contributed by atoms with Crippen molar-refractivity contribution in [1.82, 2.24) is 9.55 Å². The maximum absolute atomic E-state index is 6.64. The fourth-order valence-corrected chi connectivity index (χ4v) is 5.86. The van der Waals surface area contributed by atoms with Crippen molar-refractivity contribution in [3.63, 3.8) is 0 Å². The molecule has 0 saturated heterocycles. The minimum atomic E-state index is 0.368. The van der Waals surface area contributed by atoms with E-state index in [2.05, 4.69) is 129 Å². The Kier molecular flexibility index (Phi) is 5.16. The molecular formula is C35H30N2O. The highest BCUT2D eigenvalue weighted by atomic mass is 16.3. The second-order valence-corrected chi connectivity index (χ2v) is 10.8. The average Bonchev–Trinajstić information content (AvgIpc) is 3.49. The van der Waals surface area contributed by atoms with Crippen molar-refractivity contribution < 1.29 is 4.42 Å². The molecule has 186 valence electrons. The Labute approximate surface area is 222 Å². The highest BCUT2D eigenvalue weighted by Gasteiger charge is 2.24. The Hall–Kier alpha value is -4.37. The number of aromatic nitrogens is 2.